The zero-order valence-corrected chi connectivity index (χ0v) is 24.6. The van der Waals surface area contributed by atoms with Crippen LogP contribution in [-0.4, -0.2) is 59.7 Å². The molecule has 0 bridgehead atoms. The lowest BCUT2D eigenvalue weighted by molar-refractivity contribution is -0.175. The molecule has 1 aromatic rings. The molecule has 0 aromatic heterocycles. The van der Waals surface area contributed by atoms with Crippen LogP contribution < -0.4 is 10.6 Å². The number of phenols is 1. The fourth-order valence-electron chi connectivity index (χ4n) is 4.65. The van der Waals surface area contributed by atoms with Gasteiger partial charge in [-0.3, -0.25) is 19.2 Å². The number of hydrogen-bond acceptors (Lipinski definition) is 9. The molecule has 6 atom stereocenters. The summed E-state index contributed by atoms with van der Waals surface area (Å²) in [6, 6.07) is 2.72. The van der Waals surface area contributed by atoms with E-state index in [0.29, 0.717) is 31.6 Å². The van der Waals surface area contributed by atoms with Gasteiger partial charge in [-0.1, -0.05) is 58.9 Å². The van der Waals surface area contributed by atoms with Crippen LogP contribution >= 0.6 is 0 Å². The normalized spacial score (nSPS) is 23.6. The molecule has 0 saturated carbocycles. The number of hydrogen-bond donors (Lipinski definition) is 3. The Labute approximate surface area is 241 Å². The van der Waals surface area contributed by atoms with Gasteiger partial charge in [0.15, 0.2) is 17.9 Å². The maximum absolute atomic E-state index is 13.4. The number of amides is 2. The van der Waals surface area contributed by atoms with Crippen LogP contribution in [0.15, 0.2) is 18.2 Å². The molecule has 6 unspecified atom stereocenters. The van der Waals surface area contributed by atoms with E-state index in [1.807, 2.05) is 13.8 Å². The molecule has 1 aromatic carbocycles. The topological polar surface area (TPSA) is 157 Å². The number of rotatable bonds is 14. The first-order chi connectivity index (χ1) is 19.5. The van der Waals surface area contributed by atoms with Gasteiger partial charge in [0.2, 0.25) is 6.41 Å². The molecule has 228 valence electrons. The fourth-order valence-corrected chi connectivity index (χ4v) is 4.65. The quantitative estimate of drug-likeness (QED) is 0.0967. The summed E-state index contributed by atoms with van der Waals surface area (Å²) in [7, 11) is 0. The van der Waals surface area contributed by atoms with Gasteiger partial charge in [-0.15, -0.1) is 0 Å². The Hall–Kier alpha value is -3.63. The first-order valence-electron chi connectivity index (χ1n) is 14.5. The highest BCUT2D eigenvalue weighted by Crippen LogP contribution is 2.29. The van der Waals surface area contributed by atoms with Crippen molar-refractivity contribution >= 4 is 35.9 Å². The summed E-state index contributed by atoms with van der Waals surface area (Å²) in [4.78, 5) is 63.4. The van der Waals surface area contributed by atoms with Crippen LogP contribution in [0.4, 0.5) is 5.69 Å². The second-order valence-electron chi connectivity index (χ2n) is 10.7. The van der Waals surface area contributed by atoms with Gasteiger partial charge in [0.05, 0.1) is 17.2 Å². The van der Waals surface area contributed by atoms with Crippen LogP contribution in [0.3, 0.4) is 0 Å². The SMILES string of the molecule is CCCCCCC1C(=O)OC(C)C(NC(=O)c2cccc(NC=O)c2O)C(=O)OC(C)C1OC(=O)CCC(C)CC. The standard InChI is InChI=1S/C30H44N2O9/c1-6-8-9-10-12-22-27(41-24(34)16-15-18(3)7-2)20(5)40-30(38)25(19(4)39-29(22)37)32-28(36)21-13-11-14-23(26(21)35)31-17-33/h11,13-14,17-20,22,25,27,35H,6-10,12,15-16H2,1-5H3,(H,31,33)(H,32,36). The number of carbonyl (C=O) groups is 5. The molecule has 2 amide bonds. The molecule has 1 aliphatic rings. The molecule has 0 aliphatic carbocycles. The lowest BCUT2D eigenvalue weighted by Crippen LogP contribution is -2.50. The molecule has 1 heterocycles. The number of cyclic esters (lactones) is 2. The lowest BCUT2D eigenvalue weighted by Gasteiger charge is -2.29. The summed E-state index contributed by atoms with van der Waals surface area (Å²) in [6.07, 6.45) is 2.77. The zero-order chi connectivity index (χ0) is 30.5. The van der Waals surface area contributed by atoms with Gasteiger partial charge < -0.3 is 30.0 Å². The highest BCUT2D eigenvalue weighted by atomic mass is 16.6. The van der Waals surface area contributed by atoms with E-state index < -0.39 is 59.8 Å². The summed E-state index contributed by atoms with van der Waals surface area (Å²) in [5, 5.41) is 15.2. The number of anilines is 1. The molecule has 1 aliphatic heterocycles. The third-order valence-electron chi connectivity index (χ3n) is 7.45. The van der Waals surface area contributed by atoms with Crippen molar-refractivity contribution in [2.45, 2.75) is 110 Å². The molecule has 11 heteroatoms. The van der Waals surface area contributed by atoms with Gasteiger partial charge in [-0.25, -0.2) is 4.79 Å². The van der Waals surface area contributed by atoms with E-state index in [2.05, 4.69) is 17.6 Å². The molecule has 1 saturated heterocycles. The van der Waals surface area contributed by atoms with Crippen LogP contribution in [0.1, 0.15) is 96.3 Å². The van der Waals surface area contributed by atoms with Gasteiger partial charge in [-0.05, 0) is 44.7 Å². The van der Waals surface area contributed by atoms with Gasteiger partial charge in [0.25, 0.3) is 5.91 Å². The number of ether oxygens (including phenoxy) is 3. The largest absolute Gasteiger partial charge is 0.505 e. The predicted molar refractivity (Wildman–Crippen MR) is 151 cm³/mol. The summed E-state index contributed by atoms with van der Waals surface area (Å²) < 4.78 is 17.1. The molecule has 41 heavy (non-hydrogen) atoms. The Kier molecular flexibility index (Phi) is 13.6. The first-order valence-corrected chi connectivity index (χ1v) is 14.5. The molecule has 0 radical (unpaired) electrons. The second kappa shape index (κ2) is 16.6. The number of carbonyl (C=O) groups excluding carboxylic acids is 5. The molecular formula is C30H44N2O9. The predicted octanol–water partition coefficient (Wildman–Crippen LogP) is 4.26. The number of aromatic hydroxyl groups is 1. The van der Waals surface area contributed by atoms with E-state index in [1.165, 1.54) is 25.1 Å². The lowest BCUT2D eigenvalue weighted by atomic mass is 9.92. The van der Waals surface area contributed by atoms with Crippen molar-refractivity contribution in [2.24, 2.45) is 11.8 Å². The maximum atomic E-state index is 13.4. The van der Waals surface area contributed by atoms with Crippen molar-refractivity contribution in [1.29, 1.82) is 0 Å². The van der Waals surface area contributed by atoms with Crippen LogP contribution in [-0.2, 0) is 33.4 Å². The maximum Gasteiger partial charge on any atom is 0.332 e. The highest BCUT2D eigenvalue weighted by molar-refractivity contribution is 6.01. The summed E-state index contributed by atoms with van der Waals surface area (Å²) in [5.74, 6) is -3.91. The average Bonchev–Trinajstić information content (AvgIpc) is 2.96. The van der Waals surface area contributed by atoms with Gasteiger partial charge in [-0.2, -0.15) is 0 Å². The molecule has 3 N–H and O–H groups in total. The van der Waals surface area contributed by atoms with E-state index >= 15 is 0 Å². The van der Waals surface area contributed by atoms with E-state index in [4.69, 9.17) is 14.2 Å². The van der Waals surface area contributed by atoms with Crippen molar-refractivity contribution in [3.63, 3.8) is 0 Å². The number of benzene rings is 1. The number of nitrogens with one attached hydrogen (secondary N) is 2. The molecule has 11 nitrogen and oxygen atoms in total. The molecule has 1 fully saturated rings. The minimum Gasteiger partial charge on any atom is -0.505 e. The van der Waals surface area contributed by atoms with E-state index in [-0.39, 0.29) is 17.7 Å². The Balaban J connectivity index is 2.31. The van der Waals surface area contributed by atoms with Crippen molar-refractivity contribution < 1.29 is 43.3 Å². The van der Waals surface area contributed by atoms with Crippen molar-refractivity contribution in [2.75, 3.05) is 5.32 Å². The third kappa shape index (κ3) is 9.75. The minimum atomic E-state index is -1.42. The Morgan fingerprint density at radius 2 is 1.78 bits per heavy atom. The average molecular weight is 577 g/mol. The van der Waals surface area contributed by atoms with E-state index in [0.717, 1.165) is 25.7 Å². The zero-order valence-electron chi connectivity index (χ0n) is 24.6. The number of esters is 3. The monoisotopic (exact) mass is 576 g/mol. The summed E-state index contributed by atoms with van der Waals surface area (Å²) in [5.41, 5.74) is -0.209. The molecular weight excluding hydrogens is 532 g/mol. The van der Waals surface area contributed by atoms with Gasteiger partial charge in [0.1, 0.15) is 12.2 Å². The van der Waals surface area contributed by atoms with Crippen molar-refractivity contribution in [3.05, 3.63) is 23.8 Å². The number of unbranched alkanes of at least 4 members (excludes halogenated alkanes) is 3. The van der Waals surface area contributed by atoms with E-state index in [1.54, 1.807) is 6.92 Å². The minimum absolute atomic E-state index is 0.00157. The number of para-hydroxylation sites is 1. The third-order valence-corrected chi connectivity index (χ3v) is 7.45. The van der Waals surface area contributed by atoms with Gasteiger partial charge >= 0.3 is 17.9 Å². The number of phenolic OH excluding ortho intramolecular Hbond substituents is 1. The Morgan fingerprint density at radius 1 is 1.07 bits per heavy atom. The molecule has 2 rings (SSSR count). The second-order valence-corrected chi connectivity index (χ2v) is 10.7. The van der Waals surface area contributed by atoms with Gasteiger partial charge in [0, 0.05) is 6.42 Å². The van der Waals surface area contributed by atoms with Crippen molar-refractivity contribution in [3.8, 4) is 5.75 Å². The van der Waals surface area contributed by atoms with Crippen LogP contribution in [0.25, 0.3) is 0 Å². The van der Waals surface area contributed by atoms with Crippen LogP contribution in [0.5, 0.6) is 5.75 Å². The Bertz CT molecular complexity index is 1060. The van der Waals surface area contributed by atoms with Crippen LogP contribution in [0.2, 0.25) is 0 Å². The van der Waals surface area contributed by atoms with E-state index in [9.17, 15) is 29.1 Å². The first kappa shape index (κ1) is 33.6. The van der Waals surface area contributed by atoms with Crippen LogP contribution in [0, 0.1) is 11.8 Å². The summed E-state index contributed by atoms with van der Waals surface area (Å²) >= 11 is 0. The molecule has 0 spiro atoms. The smallest absolute Gasteiger partial charge is 0.332 e. The Morgan fingerprint density at radius 3 is 2.44 bits per heavy atom. The fraction of sp³-hybridized carbons (Fsp3) is 0.633. The summed E-state index contributed by atoms with van der Waals surface area (Å²) in [6.45, 7) is 9.14. The highest BCUT2D eigenvalue weighted by Gasteiger charge is 2.43. The van der Waals surface area contributed by atoms with Crippen molar-refractivity contribution in [1.82, 2.24) is 5.32 Å².